The fourth-order valence-electron chi connectivity index (χ4n) is 1.78. The molecule has 8 nitrogen and oxygen atoms in total. The van der Waals surface area contributed by atoms with E-state index < -0.39 is 5.56 Å². The minimum atomic E-state index is -0.427. The molecule has 0 aliphatic carbocycles. The molecule has 2 aromatic heterocycles. The molecule has 0 aliphatic heterocycles. The van der Waals surface area contributed by atoms with Crippen molar-refractivity contribution in [3.05, 3.63) is 45.9 Å². The van der Waals surface area contributed by atoms with Crippen LogP contribution in [-0.4, -0.2) is 33.6 Å². The Morgan fingerprint density at radius 1 is 1.33 bits per heavy atom. The van der Waals surface area contributed by atoms with E-state index in [4.69, 9.17) is 9.26 Å². The zero-order valence-electron chi connectivity index (χ0n) is 11.3. The van der Waals surface area contributed by atoms with Crippen molar-refractivity contribution >= 4 is 17.3 Å². The van der Waals surface area contributed by atoms with Gasteiger partial charge in [0.05, 0.1) is 19.0 Å². The minimum Gasteiger partial charge on any atom is -0.497 e. The summed E-state index contributed by atoms with van der Waals surface area (Å²) in [6.07, 6.45) is 1.50. The van der Waals surface area contributed by atoms with E-state index in [-0.39, 0.29) is 11.1 Å². The van der Waals surface area contributed by atoms with Crippen molar-refractivity contribution in [3.63, 3.8) is 0 Å². The van der Waals surface area contributed by atoms with Crippen LogP contribution in [0.15, 0.2) is 38.7 Å². The number of aryl methyl sites for hydroxylation is 1. The van der Waals surface area contributed by atoms with E-state index in [1.54, 1.807) is 26.2 Å². The Balaban J connectivity index is 1.97. The number of hydrogen-bond donors (Lipinski definition) is 0. The number of aromatic nitrogens is 4. The van der Waals surface area contributed by atoms with Crippen molar-refractivity contribution < 1.29 is 9.26 Å². The van der Waals surface area contributed by atoms with E-state index >= 15 is 0 Å². The summed E-state index contributed by atoms with van der Waals surface area (Å²) in [5.41, 5.74) is 0.932. The van der Waals surface area contributed by atoms with Gasteiger partial charge in [0.2, 0.25) is 0 Å². The van der Waals surface area contributed by atoms with Gasteiger partial charge in [0.1, 0.15) is 11.1 Å². The van der Waals surface area contributed by atoms with Crippen LogP contribution in [0.4, 0.5) is 0 Å². The van der Waals surface area contributed by atoms with Crippen LogP contribution >= 0.6 is 0 Å². The summed E-state index contributed by atoms with van der Waals surface area (Å²) >= 11 is 0. The standard InChI is InChI=1S/C13H11N5O3/c1-8-11-12(21-16-8)15-17-18(13(11)19)14-7-9-3-5-10(20-2)6-4-9/h3-7H,1-2H3/b14-7+. The van der Waals surface area contributed by atoms with Crippen LogP contribution in [0.5, 0.6) is 5.75 Å². The van der Waals surface area contributed by atoms with Crippen molar-refractivity contribution in [1.29, 1.82) is 0 Å². The van der Waals surface area contributed by atoms with Crippen LogP contribution in [0.2, 0.25) is 0 Å². The fourth-order valence-corrected chi connectivity index (χ4v) is 1.78. The molecule has 0 atom stereocenters. The lowest BCUT2D eigenvalue weighted by molar-refractivity contribution is 0.415. The maximum atomic E-state index is 12.2. The molecule has 0 bridgehead atoms. The molecule has 0 aliphatic rings. The third-order valence-electron chi connectivity index (χ3n) is 2.89. The molecule has 0 saturated heterocycles. The number of nitrogens with zero attached hydrogens (tertiary/aromatic N) is 5. The van der Waals surface area contributed by atoms with Crippen molar-refractivity contribution in [1.82, 2.24) is 20.3 Å². The molecule has 1 aromatic carbocycles. The Morgan fingerprint density at radius 3 is 2.81 bits per heavy atom. The van der Waals surface area contributed by atoms with Gasteiger partial charge in [0.15, 0.2) is 0 Å². The summed E-state index contributed by atoms with van der Waals surface area (Å²) in [5.74, 6) is 0.741. The summed E-state index contributed by atoms with van der Waals surface area (Å²) in [4.78, 5) is 13.1. The second-order valence-electron chi connectivity index (χ2n) is 4.25. The van der Waals surface area contributed by atoms with E-state index in [0.717, 1.165) is 16.1 Å². The first kappa shape index (κ1) is 13.0. The summed E-state index contributed by atoms with van der Waals surface area (Å²) < 4.78 is 9.93. The van der Waals surface area contributed by atoms with Gasteiger partial charge >= 0.3 is 5.56 Å². The molecule has 106 valence electrons. The van der Waals surface area contributed by atoms with Crippen LogP contribution in [0, 0.1) is 6.92 Å². The Labute approximate surface area is 118 Å². The first-order valence-electron chi connectivity index (χ1n) is 6.09. The van der Waals surface area contributed by atoms with Crippen LogP contribution in [0.3, 0.4) is 0 Å². The van der Waals surface area contributed by atoms with Crippen LogP contribution in [0.25, 0.3) is 11.1 Å². The zero-order valence-corrected chi connectivity index (χ0v) is 11.3. The lowest BCUT2D eigenvalue weighted by Crippen LogP contribution is -2.20. The largest absolute Gasteiger partial charge is 0.497 e. The number of hydrogen-bond acceptors (Lipinski definition) is 7. The first-order chi connectivity index (χ1) is 10.2. The normalized spacial score (nSPS) is 11.3. The molecule has 0 fully saturated rings. The van der Waals surface area contributed by atoms with Gasteiger partial charge < -0.3 is 9.26 Å². The summed E-state index contributed by atoms with van der Waals surface area (Å²) in [6.45, 7) is 1.66. The van der Waals surface area contributed by atoms with E-state index in [1.807, 2.05) is 12.1 Å². The van der Waals surface area contributed by atoms with Crippen molar-refractivity contribution in [3.8, 4) is 5.75 Å². The van der Waals surface area contributed by atoms with E-state index in [0.29, 0.717) is 5.69 Å². The van der Waals surface area contributed by atoms with Crippen molar-refractivity contribution in [2.24, 2.45) is 5.10 Å². The van der Waals surface area contributed by atoms with Gasteiger partial charge in [-0.05, 0) is 42.0 Å². The van der Waals surface area contributed by atoms with E-state index in [1.165, 1.54) is 6.21 Å². The zero-order chi connectivity index (χ0) is 14.8. The van der Waals surface area contributed by atoms with Gasteiger partial charge in [0, 0.05) is 0 Å². The molecule has 0 saturated carbocycles. The summed E-state index contributed by atoms with van der Waals surface area (Å²) in [5, 5.41) is 15.4. The van der Waals surface area contributed by atoms with Crippen LogP contribution < -0.4 is 10.3 Å². The second-order valence-corrected chi connectivity index (χ2v) is 4.25. The topological polar surface area (TPSA) is 95.4 Å². The molecule has 0 amide bonds. The summed E-state index contributed by atoms with van der Waals surface area (Å²) in [6, 6.07) is 7.21. The summed E-state index contributed by atoms with van der Waals surface area (Å²) in [7, 11) is 1.59. The molecule has 8 heteroatoms. The lowest BCUT2D eigenvalue weighted by Gasteiger charge is -1.99. The highest BCUT2D eigenvalue weighted by Gasteiger charge is 2.12. The first-order valence-corrected chi connectivity index (χ1v) is 6.09. The molecule has 0 radical (unpaired) electrons. The molecule has 0 spiro atoms. The van der Waals surface area contributed by atoms with E-state index in [9.17, 15) is 4.79 Å². The maximum Gasteiger partial charge on any atom is 0.304 e. The van der Waals surface area contributed by atoms with Crippen molar-refractivity contribution in [2.45, 2.75) is 6.92 Å². The molecule has 3 rings (SSSR count). The van der Waals surface area contributed by atoms with Gasteiger partial charge in [-0.1, -0.05) is 15.0 Å². The monoisotopic (exact) mass is 285 g/mol. The Kier molecular flexibility index (Phi) is 3.19. The molecule has 21 heavy (non-hydrogen) atoms. The quantitative estimate of drug-likeness (QED) is 0.666. The van der Waals surface area contributed by atoms with E-state index in [2.05, 4.69) is 20.6 Å². The lowest BCUT2D eigenvalue weighted by atomic mass is 10.2. The van der Waals surface area contributed by atoms with Gasteiger partial charge in [-0.3, -0.25) is 4.79 Å². The van der Waals surface area contributed by atoms with Gasteiger partial charge in [-0.25, -0.2) is 0 Å². The van der Waals surface area contributed by atoms with Gasteiger partial charge in [-0.15, -0.1) is 0 Å². The molecule has 2 heterocycles. The Hall–Kier alpha value is -3.03. The number of methoxy groups -OCH3 is 1. The van der Waals surface area contributed by atoms with Gasteiger partial charge in [-0.2, -0.15) is 5.10 Å². The highest BCUT2D eigenvalue weighted by atomic mass is 16.5. The number of ether oxygens (including phenoxy) is 1. The maximum absolute atomic E-state index is 12.2. The van der Waals surface area contributed by atoms with Crippen LogP contribution in [-0.2, 0) is 0 Å². The molecule has 0 unspecified atom stereocenters. The highest BCUT2D eigenvalue weighted by molar-refractivity contribution is 5.79. The molecular weight excluding hydrogens is 274 g/mol. The number of rotatable bonds is 3. The molecule has 3 aromatic rings. The minimum absolute atomic E-state index is 0.105. The SMILES string of the molecule is COc1ccc(/C=N/n2nnc3onc(C)c3c2=O)cc1. The fraction of sp³-hybridized carbons (Fsp3) is 0.154. The molecular formula is C13H11N5O3. The average Bonchev–Trinajstić information content (AvgIpc) is 2.89. The van der Waals surface area contributed by atoms with Crippen molar-refractivity contribution in [2.75, 3.05) is 7.11 Å². The smallest absolute Gasteiger partial charge is 0.304 e. The second kappa shape index (κ2) is 5.16. The third kappa shape index (κ3) is 2.38. The number of benzene rings is 1. The van der Waals surface area contributed by atoms with Crippen LogP contribution in [0.1, 0.15) is 11.3 Å². The average molecular weight is 285 g/mol. The number of fused-ring (bicyclic) bond motifs is 1. The highest BCUT2D eigenvalue weighted by Crippen LogP contribution is 2.10. The Bertz CT molecular complexity index is 864. The third-order valence-corrected chi connectivity index (χ3v) is 2.89. The Morgan fingerprint density at radius 2 is 2.10 bits per heavy atom. The predicted octanol–water partition coefficient (Wildman–Crippen LogP) is 0.979. The van der Waals surface area contributed by atoms with Gasteiger partial charge in [0.25, 0.3) is 5.71 Å². The molecule has 0 N–H and O–H groups in total. The predicted molar refractivity (Wildman–Crippen MR) is 74.6 cm³/mol.